The number of halogens is 1. The van der Waals surface area contributed by atoms with Crippen LogP contribution >= 0.6 is 0 Å². The highest BCUT2D eigenvalue weighted by Crippen LogP contribution is 2.39. The lowest BCUT2D eigenvalue weighted by Crippen LogP contribution is -2.27. The Bertz CT molecular complexity index is 1420. The smallest absolute Gasteiger partial charge is 0.258 e. The van der Waals surface area contributed by atoms with Crippen molar-refractivity contribution in [1.29, 1.82) is 0 Å². The molecule has 0 saturated heterocycles. The summed E-state index contributed by atoms with van der Waals surface area (Å²) >= 11 is 0. The summed E-state index contributed by atoms with van der Waals surface area (Å²) in [6, 6.07) is 12.3. The van der Waals surface area contributed by atoms with Crippen molar-refractivity contribution in [3.05, 3.63) is 106 Å². The largest absolute Gasteiger partial charge is 0.619 e. The van der Waals surface area contributed by atoms with Crippen molar-refractivity contribution >= 4 is 22.7 Å². The maximum atomic E-state index is 13.3. The Balaban J connectivity index is 1.52. The summed E-state index contributed by atoms with van der Waals surface area (Å²) < 4.78 is 13.9. The van der Waals surface area contributed by atoms with Gasteiger partial charge in [0.05, 0.1) is 11.1 Å². The van der Waals surface area contributed by atoms with Crippen LogP contribution in [0.15, 0.2) is 67.1 Å². The van der Waals surface area contributed by atoms with Gasteiger partial charge in [0.25, 0.3) is 11.8 Å². The van der Waals surface area contributed by atoms with Crippen molar-refractivity contribution in [2.24, 2.45) is 0 Å². The molecular formula is C25H19FN4O4. The van der Waals surface area contributed by atoms with Crippen LogP contribution < -0.4 is 10.0 Å². The van der Waals surface area contributed by atoms with Crippen molar-refractivity contribution in [2.45, 2.75) is 19.6 Å². The van der Waals surface area contributed by atoms with Crippen LogP contribution in [-0.4, -0.2) is 26.8 Å². The van der Waals surface area contributed by atoms with E-state index in [1.165, 1.54) is 35.6 Å². The zero-order valence-corrected chi connectivity index (χ0v) is 17.9. The Kier molecular flexibility index (Phi) is 5.29. The molecule has 0 atom stereocenters. The minimum Gasteiger partial charge on any atom is -0.619 e. The molecular weight excluding hydrogens is 439 g/mol. The van der Waals surface area contributed by atoms with Gasteiger partial charge in [0.2, 0.25) is 0 Å². The molecule has 34 heavy (non-hydrogen) atoms. The number of aromatic nitrogens is 2. The number of nitrogens with zero attached hydrogens (tertiary/aromatic N) is 3. The lowest BCUT2D eigenvalue weighted by atomic mass is 9.96. The van der Waals surface area contributed by atoms with Crippen LogP contribution in [0.1, 0.15) is 37.4 Å². The number of hydrogen-bond acceptors (Lipinski definition) is 5. The van der Waals surface area contributed by atoms with E-state index in [0.717, 1.165) is 11.1 Å². The Morgan fingerprint density at radius 2 is 1.88 bits per heavy atom. The minimum absolute atomic E-state index is 0.0468. The van der Waals surface area contributed by atoms with Crippen molar-refractivity contribution in [1.82, 2.24) is 15.2 Å². The van der Waals surface area contributed by atoms with Crippen molar-refractivity contribution in [2.75, 3.05) is 0 Å². The predicted octanol–water partition coefficient (Wildman–Crippen LogP) is 2.80. The Labute approximate surface area is 193 Å². The molecule has 5 rings (SSSR count). The van der Waals surface area contributed by atoms with Crippen molar-refractivity contribution in [3.8, 4) is 5.75 Å². The molecule has 0 aliphatic carbocycles. The number of carbonyl (C=O) groups excluding carboxylic acids is 2. The molecule has 170 valence electrons. The number of hydrogen-bond donors (Lipinski definition) is 2. The number of aromatic hydroxyl groups is 1. The van der Waals surface area contributed by atoms with E-state index in [9.17, 15) is 24.3 Å². The zero-order valence-electron chi connectivity index (χ0n) is 17.9. The van der Waals surface area contributed by atoms with Crippen molar-refractivity contribution in [3.63, 3.8) is 0 Å². The van der Waals surface area contributed by atoms with Crippen LogP contribution in [0.3, 0.4) is 0 Å². The highest BCUT2D eigenvalue weighted by molar-refractivity contribution is 6.15. The Hall–Kier alpha value is -4.53. The number of nitrogens with one attached hydrogen (secondary N) is 1. The summed E-state index contributed by atoms with van der Waals surface area (Å²) in [4.78, 5) is 32.2. The average molecular weight is 458 g/mol. The summed E-state index contributed by atoms with van der Waals surface area (Å²) in [7, 11) is 0. The number of fused-ring (bicyclic) bond motifs is 2. The van der Waals surface area contributed by atoms with E-state index in [0.29, 0.717) is 15.7 Å². The quantitative estimate of drug-likeness (QED) is 0.353. The first-order chi connectivity index (χ1) is 16.4. The van der Waals surface area contributed by atoms with E-state index in [-0.39, 0.29) is 47.8 Å². The number of rotatable bonds is 5. The third-order valence-corrected chi connectivity index (χ3v) is 5.83. The first-order valence-corrected chi connectivity index (χ1v) is 10.5. The van der Waals surface area contributed by atoms with Gasteiger partial charge in [-0.05, 0) is 29.3 Å². The van der Waals surface area contributed by atoms with Crippen LogP contribution in [-0.2, 0) is 19.6 Å². The molecule has 2 amide bonds. The summed E-state index contributed by atoms with van der Waals surface area (Å²) in [6.45, 7) is 0.468. The third-order valence-electron chi connectivity index (χ3n) is 5.83. The fourth-order valence-electron chi connectivity index (χ4n) is 4.18. The molecule has 0 spiro atoms. The van der Waals surface area contributed by atoms with Gasteiger partial charge in [0.1, 0.15) is 11.3 Å². The average Bonchev–Trinajstić information content (AvgIpc) is 3.16. The maximum absolute atomic E-state index is 13.3. The second-order valence-electron chi connectivity index (χ2n) is 8.01. The zero-order chi connectivity index (χ0) is 23.8. The summed E-state index contributed by atoms with van der Waals surface area (Å²) in [6.07, 6.45) is 4.16. The normalized spacial score (nSPS) is 12.7. The minimum atomic E-state index is -0.429. The molecule has 1 aliphatic heterocycles. The lowest BCUT2D eigenvalue weighted by Gasteiger charge is -2.16. The number of amides is 2. The SMILES string of the molecule is O=C(NCc1cc[n+]([O-])cc1)c1c2c(c(O)c3ncccc13)C(=O)N(Cc1ccc(F)cc1)C2. The van der Waals surface area contributed by atoms with Crippen LogP contribution in [0.5, 0.6) is 5.75 Å². The maximum Gasteiger partial charge on any atom is 0.258 e. The monoisotopic (exact) mass is 458 g/mol. The van der Waals surface area contributed by atoms with E-state index >= 15 is 0 Å². The standard InChI is InChI=1S/C25H19FN4O4/c26-17-5-3-16(4-6-17)13-29-14-19-20(24(32)28-12-15-7-10-30(34)11-8-15)18-2-1-9-27-22(18)23(31)21(19)25(29)33/h1-11,31H,12-14H2,(H,28,32). The highest BCUT2D eigenvalue weighted by atomic mass is 19.1. The summed E-state index contributed by atoms with van der Waals surface area (Å²) in [5.41, 5.74) is 2.33. The molecule has 3 heterocycles. The Morgan fingerprint density at radius 1 is 1.15 bits per heavy atom. The summed E-state index contributed by atoms with van der Waals surface area (Å²) in [5, 5.41) is 25.4. The predicted molar refractivity (Wildman–Crippen MR) is 120 cm³/mol. The number of benzene rings is 2. The first kappa shape index (κ1) is 21.3. The van der Waals surface area contributed by atoms with E-state index in [2.05, 4.69) is 10.3 Å². The molecule has 9 heteroatoms. The molecule has 1 aliphatic rings. The third kappa shape index (κ3) is 3.77. The number of phenolic OH excluding ortho intramolecular Hbond substituents is 1. The van der Waals surface area contributed by atoms with Crippen LogP contribution in [0.4, 0.5) is 4.39 Å². The van der Waals surface area contributed by atoms with Crippen molar-refractivity contribution < 1.29 is 23.8 Å². The molecule has 2 aromatic heterocycles. The second-order valence-corrected chi connectivity index (χ2v) is 8.01. The van der Waals surface area contributed by atoms with Gasteiger partial charge in [-0.1, -0.05) is 18.2 Å². The van der Waals surface area contributed by atoms with Crippen LogP contribution in [0.2, 0.25) is 0 Å². The van der Waals surface area contributed by atoms with Gasteiger partial charge in [0, 0.05) is 48.9 Å². The Morgan fingerprint density at radius 3 is 2.62 bits per heavy atom. The van der Waals surface area contributed by atoms with E-state index < -0.39 is 11.8 Å². The topological polar surface area (TPSA) is 109 Å². The molecule has 2 aromatic carbocycles. The molecule has 0 unspecified atom stereocenters. The van der Waals surface area contributed by atoms with Gasteiger partial charge >= 0.3 is 0 Å². The van der Waals surface area contributed by atoms with Gasteiger partial charge in [-0.15, -0.1) is 0 Å². The van der Waals surface area contributed by atoms with E-state index in [1.54, 1.807) is 36.4 Å². The molecule has 8 nitrogen and oxygen atoms in total. The van der Waals surface area contributed by atoms with Gasteiger partial charge in [-0.2, -0.15) is 4.73 Å². The molecule has 0 radical (unpaired) electrons. The number of carbonyl (C=O) groups is 2. The molecule has 0 bridgehead atoms. The first-order valence-electron chi connectivity index (χ1n) is 10.5. The van der Waals surface area contributed by atoms with Gasteiger partial charge in [-0.3, -0.25) is 14.6 Å². The summed E-state index contributed by atoms with van der Waals surface area (Å²) in [5.74, 6) is -1.50. The van der Waals surface area contributed by atoms with Crippen LogP contribution in [0, 0.1) is 11.0 Å². The number of phenols is 1. The lowest BCUT2D eigenvalue weighted by molar-refractivity contribution is -0.605. The fourth-order valence-corrected chi connectivity index (χ4v) is 4.18. The molecule has 2 N–H and O–H groups in total. The highest BCUT2D eigenvalue weighted by Gasteiger charge is 2.36. The fraction of sp³-hybridized carbons (Fsp3) is 0.120. The van der Waals surface area contributed by atoms with Crippen LogP contribution in [0.25, 0.3) is 10.9 Å². The van der Waals surface area contributed by atoms with E-state index in [4.69, 9.17) is 0 Å². The van der Waals surface area contributed by atoms with Gasteiger partial charge in [0.15, 0.2) is 18.1 Å². The van der Waals surface area contributed by atoms with E-state index in [1.807, 2.05) is 0 Å². The number of pyridine rings is 2. The van der Waals surface area contributed by atoms with Gasteiger partial charge < -0.3 is 20.5 Å². The molecule has 0 saturated carbocycles. The van der Waals surface area contributed by atoms with Gasteiger partial charge in [-0.25, -0.2) is 4.39 Å². The second kappa shape index (κ2) is 8.43. The molecule has 4 aromatic rings. The molecule has 0 fully saturated rings.